The average molecular weight is 398 g/mol. The lowest BCUT2D eigenvalue weighted by atomic mass is 10.1. The smallest absolute Gasteiger partial charge is 0.191 e. The van der Waals surface area contributed by atoms with E-state index < -0.39 is 9.84 Å². The first-order valence-corrected chi connectivity index (χ1v) is 11.4. The van der Waals surface area contributed by atoms with Crippen molar-refractivity contribution in [3.63, 3.8) is 0 Å². The van der Waals surface area contributed by atoms with Gasteiger partial charge in [-0.1, -0.05) is 0 Å². The van der Waals surface area contributed by atoms with Gasteiger partial charge < -0.3 is 15.5 Å². The number of aromatic nitrogens is 1. The summed E-state index contributed by atoms with van der Waals surface area (Å²) in [4.78, 5) is 10.7. The van der Waals surface area contributed by atoms with Crippen molar-refractivity contribution in [1.82, 2.24) is 15.6 Å². The van der Waals surface area contributed by atoms with Crippen LogP contribution < -0.4 is 15.5 Å². The van der Waals surface area contributed by atoms with Crippen molar-refractivity contribution in [3.8, 4) is 0 Å². The van der Waals surface area contributed by atoms with E-state index in [2.05, 4.69) is 20.6 Å². The van der Waals surface area contributed by atoms with Gasteiger partial charge in [-0.3, -0.25) is 4.99 Å². The minimum atomic E-state index is -3.00. The van der Waals surface area contributed by atoms with Crippen molar-refractivity contribution < 1.29 is 12.8 Å². The molecule has 150 valence electrons. The number of aliphatic imine (C=N–C) groups is 1. The van der Waals surface area contributed by atoms with Crippen molar-refractivity contribution in [2.45, 2.75) is 32.2 Å². The number of sulfone groups is 1. The topological polar surface area (TPSA) is 86.7 Å². The molecule has 0 spiro atoms. The number of pyridine rings is 1. The molecule has 1 saturated heterocycles. The normalized spacial score (nSPS) is 22.0. The molecule has 1 aliphatic heterocycles. The van der Waals surface area contributed by atoms with Gasteiger partial charge in [-0.2, -0.15) is 0 Å². The fourth-order valence-corrected chi connectivity index (χ4v) is 5.01. The second-order valence-electron chi connectivity index (χ2n) is 7.65. The third-order valence-electron chi connectivity index (χ3n) is 5.01. The highest BCUT2D eigenvalue weighted by Gasteiger charge is 2.45. The van der Waals surface area contributed by atoms with Gasteiger partial charge in [0.1, 0.15) is 9.84 Å². The van der Waals surface area contributed by atoms with Crippen LogP contribution in [0.5, 0.6) is 0 Å². The second-order valence-corrected chi connectivity index (χ2v) is 9.79. The molecule has 1 aliphatic carbocycles. The molecule has 2 heterocycles. The van der Waals surface area contributed by atoms with Crippen molar-refractivity contribution in [2.24, 2.45) is 10.4 Å². The third-order valence-corrected chi connectivity index (χ3v) is 6.15. The van der Waals surface area contributed by atoms with Gasteiger partial charge in [0.15, 0.2) is 17.6 Å². The van der Waals surface area contributed by atoms with Crippen molar-refractivity contribution in [1.29, 1.82) is 0 Å². The Morgan fingerprint density at radius 3 is 2.89 bits per heavy atom. The first-order chi connectivity index (χ1) is 12.8. The molecule has 2 aliphatic rings. The van der Waals surface area contributed by atoms with Crippen LogP contribution in [0.1, 0.15) is 26.2 Å². The number of anilines is 1. The summed E-state index contributed by atoms with van der Waals surface area (Å²) in [7, 11) is -3.00. The number of rotatable bonds is 7. The molecule has 2 N–H and O–H groups in total. The van der Waals surface area contributed by atoms with E-state index in [0.29, 0.717) is 24.9 Å². The number of guanidine groups is 1. The lowest BCUT2D eigenvalue weighted by Gasteiger charge is -2.20. The maximum Gasteiger partial charge on any atom is 0.191 e. The van der Waals surface area contributed by atoms with Gasteiger partial charge in [0, 0.05) is 50.1 Å². The van der Waals surface area contributed by atoms with Gasteiger partial charge in [0.05, 0.1) is 5.75 Å². The summed E-state index contributed by atoms with van der Waals surface area (Å²) < 4.78 is 37.2. The molecule has 9 heteroatoms. The predicted molar refractivity (Wildman–Crippen MR) is 105 cm³/mol. The summed E-state index contributed by atoms with van der Waals surface area (Å²) in [6, 6.07) is 3.14. The van der Waals surface area contributed by atoms with Gasteiger partial charge in [-0.25, -0.2) is 17.8 Å². The van der Waals surface area contributed by atoms with E-state index in [1.165, 1.54) is 12.3 Å². The molecular weight excluding hydrogens is 369 g/mol. The van der Waals surface area contributed by atoms with E-state index in [9.17, 15) is 12.8 Å². The zero-order valence-corrected chi connectivity index (χ0v) is 16.7. The molecule has 0 amide bonds. The van der Waals surface area contributed by atoms with Crippen molar-refractivity contribution in [3.05, 3.63) is 24.1 Å². The Hall–Kier alpha value is -1.90. The third kappa shape index (κ3) is 5.54. The molecule has 0 radical (unpaired) electrons. The summed E-state index contributed by atoms with van der Waals surface area (Å²) in [5, 5.41) is 6.62. The Balaban J connectivity index is 1.59. The minimum Gasteiger partial charge on any atom is -0.357 e. The summed E-state index contributed by atoms with van der Waals surface area (Å²) in [6.45, 7) is 4.58. The second kappa shape index (κ2) is 8.00. The van der Waals surface area contributed by atoms with Crippen LogP contribution in [0.15, 0.2) is 23.3 Å². The number of hydrogen-bond acceptors (Lipinski definition) is 5. The first-order valence-electron chi connectivity index (χ1n) is 9.38. The molecule has 3 rings (SSSR count). The Kier molecular flexibility index (Phi) is 5.88. The van der Waals surface area contributed by atoms with Crippen LogP contribution in [-0.4, -0.2) is 63.6 Å². The van der Waals surface area contributed by atoms with Gasteiger partial charge >= 0.3 is 0 Å². The summed E-state index contributed by atoms with van der Waals surface area (Å²) in [6.07, 6.45) is 5.54. The zero-order chi connectivity index (χ0) is 19.5. The Morgan fingerprint density at radius 2 is 2.26 bits per heavy atom. The molecule has 1 saturated carbocycles. The maximum absolute atomic E-state index is 13.9. The molecule has 1 aromatic rings. The number of halogens is 1. The Bertz CT molecular complexity index is 795. The molecule has 1 unspecified atom stereocenters. The van der Waals surface area contributed by atoms with Crippen LogP contribution >= 0.6 is 0 Å². The van der Waals surface area contributed by atoms with Crippen LogP contribution in [0.3, 0.4) is 0 Å². The van der Waals surface area contributed by atoms with E-state index >= 15 is 0 Å². The SMILES string of the molecule is CCNC(=NCC1(CS(C)(=O)=O)CC1)NC1CCN(c2ncccc2F)C1. The van der Waals surface area contributed by atoms with Gasteiger partial charge in [-0.05, 0) is 38.3 Å². The molecule has 0 bridgehead atoms. The fraction of sp³-hybridized carbons (Fsp3) is 0.667. The molecule has 1 aromatic heterocycles. The van der Waals surface area contributed by atoms with E-state index in [1.807, 2.05) is 11.8 Å². The van der Waals surface area contributed by atoms with Gasteiger partial charge in [-0.15, -0.1) is 0 Å². The zero-order valence-electron chi connectivity index (χ0n) is 15.9. The predicted octanol–water partition coefficient (Wildman–Crippen LogP) is 1.18. The number of hydrogen-bond donors (Lipinski definition) is 2. The molecule has 2 fully saturated rings. The van der Waals surface area contributed by atoms with E-state index in [4.69, 9.17) is 0 Å². The van der Waals surface area contributed by atoms with Crippen LogP contribution in [-0.2, 0) is 9.84 Å². The highest BCUT2D eigenvalue weighted by molar-refractivity contribution is 7.90. The van der Waals surface area contributed by atoms with Crippen LogP contribution in [0, 0.1) is 11.2 Å². The van der Waals surface area contributed by atoms with Crippen molar-refractivity contribution >= 4 is 21.6 Å². The highest BCUT2D eigenvalue weighted by atomic mass is 32.2. The standard InChI is InChI=1S/C18H28FN5O2S/c1-3-20-17(22-12-18(7-8-18)13-27(2,25)26)23-14-6-10-24(11-14)16-15(19)5-4-9-21-16/h4-5,9,14H,3,6-8,10-13H2,1-2H3,(H2,20,22,23). The van der Waals surface area contributed by atoms with E-state index in [1.54, 1.807) is 12.3 Å². The van der Waals surface area contributed by atoms with Crippen LogP contribution in [0.4, 0.5) is 10.2 Å². The van der Waals surface area contributed by atoms with Crippen LogP contribution in [0.2, 0.25) is 0 Å². The first kappa shape index (κ1) is 19.9. The largest absolute Gasteiger partial charge is 0.357 e. The Labute approximate surface area is 160 Å². The summed E-state index contributed by atoms with van der Waals surface area (Å²) >= 11 is 0. The highest BCUT2D eigenvalue weighted by Crippen LogP contribution is 2.46. The quantitative estimate of drug-likeness (QED) is 0.531. The molecule has 27 heavy (non-hydrogen) atoms. The lowest BCUT2D eigenvalue weighted by molar-refractivity contribution is 0.548. The maximum atomic E-state index is 13.9. The van der Waals surface area contributed by atoms with E-state index in [0.717, 1.165) is 32.4 Å². The Morgan fingerprint density at radius 1 is 1.48 bits per heavy atom. The van der Waals surface area contributed by atoms with Crippen LogP contribution in [0.25, 0.3) is 0 Å². The lowest BCUT2D eigenvalue weighted by Crippen LogP contribution is -2.45. The van der Waals surface area contributed by atoms with E-state index in [-0.39, 0.29) is 23.0 Å². The van der Waals surface area contributed by atoms with Crippen molar-refractivity contribution in [2.75, 3.05) is 43.1 Å². The number of nitrogens with zero attached hydrogens (tertiary/aromatic N) is 3. The van der Waals surface area contributed by atoms with Gasteiger partial charge in [0.25, 0.3) is 0 Å². The molecule has 1 atom stereocenters. The summed E-state index contributed by atoms with van der Waals surface area (Å²) in [5.41, 5.74) is -0.200. The molecule has 7 nitrogen and oxygen atoms in total. The molecular formula is C18H28FN5O2S. The van der Waals surface area contributed by atoms with Gasteiger partial charge in [0.2, 0.25) is 0 Å². The number of nitrogens with one attached hydrogen (secondary N) is 2. The molecule has 0 aromatic carbocycles. The monoisotopic (exact) mass is 397 g/mol. The fourth-order valence-electron chi connectivity index (χ4n) is 3.52. The average Bonchev–Trinajstić information content (AvgIpc) is 3.18. The summed E-state index contributed by atoms with van der Waals surface area (Å²) in [5.74, 6) is 0.952. The minimum absolute atomic E-state index is 0.134.